The third-order valence-electron chi connectivity index (χ3n) is 5.63. The summed E-state index contributed by atoms with van der Waals surface area (Å²) in [5.74, 6) is -0.212. The Morgan fingerprint density at radius 1 is 1.29 bits per heavy atom. The van der Waals surface area contributed by atoms with Crippen LogP contribution in [0.15, 0.2) is 34.4 Å². The van der Waals surface area contributed by atoms with Gasteiger partial charge in [0.05, 0.1) is 18.3 Å². The van der Waals surface area contributed by atoms with Crippen LogP contribution in [0.25, 0.3) is 0 Å². The van der Waals surface area contributed by atoms with Gasteiger partial charge >= 0.3 is 5.97 Å². The van der Waals surface area contributed by atoms with E-state index in [2.05, 4.69) is 26.0 Å². The molecular weight excluding hydrogens is 304 g/mol. The summed E-state index contributed by atoms with van der Waals surface area (Å²) in [7, 11) is 0. The molecule has 132 valence electrons. The number of hydrogen-bond acceptors (Lipinski definition) is 4. The number of aliphatic hydroxyl groups is 1. The molecule has 0 aromatic heterocycles. The number of esters is 1. The van der Waals surface area contributed by atoms with Crippen LogP contribution in [0.1, 0.15) is 59.3 Å². The third kappa shape index (κ3) is 3.65. The zero-order chi connectivity index (χ0) is 17.3. The number of carbonyl (C=O) groups is 1. The Morgan fingerprint density at radius 2 is 2.08 bits per heavy atom. The highest BCUT2D eigenvalue weighted by Crippen LogP contribution is 2.44. The van der Waals surface area contributed by atoms with Gasteiger partial charge in [-0.2, -0.15) is 0 Å². The number of ether oxygens (including phenoxy) is 2. The predicted molar refractivity (Wildman–Crippen MR) is 92.5 cm³/mol. The highest BCUT2D eigenvalue weighted by Gasteiger charge is 2.50. The van der Waals surface area contributed by atoms with E-state index in [4.69, 9.17) is 9.47 Å². The van der Waals surface area contributed by atoms with Crippen LogP contribution < -0.4 is 0 Å². The maximum absolute atomic E-state index is 11.9. The molecule has 0 amide bonds. The van der Waals surface area contributed by atoms with Crippen LogP contribution in [-0.4, -0.2) is 35.5 Å². The Hall–Kier alpha value is -1.39. The average Bonchev–Trinajstić information content (AvgIpc) is 3.12. The van der Waals surface area contributed by atoms with Crippen molar-refractivity contribution in [3.63, 3.8) is 0 Å². The number of fused-ring (bicyclic) bond motifs is 2. The molecule has 0 unspecified atom stereocenters. The Balaban J connectivity index is 1.82. The van der Waals surface area contributed by atoms with Gasteiger partial charge in [-0.15, -0.1) is 0 Å². The van der Waals surface area contributed by atoms with Gasteiger partial charge in [0.25, 0.3) is 0 Å². The lowest BCUT2D eigenvalue weighted by Crippen LogP contribution is -2.12. The van der Waals surface area contributed by atoms with Gasteiger partial charge in [0, 0.05) is 5.57 Å². The smallest absolute Gasteiger partial charge is 0.334 e. The Kier molecular flexibility index (Phi) is 4.97. The molecule has 0 aromatic rings. The fourth-order valence-electron chi connectivity index (χ4n) is 3.76. The molecule has 4 nitrogen and oxygen atoms in total. The van der Waals surface area contributed by atoms with Gasteiger partial charge in [-0.3, -0.25) is 0 Å². The lowest BCUT2D eigenvalue weighted by molar-refractivity contribution is -0.138. The molecule has 0 spiro atoms. The van der Waals surface area contributed by atoms with Crippen LogP contribution in [-0.2, 0) is 14.3 Å². The van der Waals surface area contributed by atoms with Crippen molar-refractivity contribution >= 4 is 5.97 Å². The van der Waals surface area contributed by atoms with Gasteiger partial charge in [0.1, 0.15) is 6.10 Å². The first-order valence-corrected chi connectivity index (χ1v) is 8.97. The standard InChI is InChI=1S/C20H28O4/c1-13-6-9-18-20(3,24-18)10-4-5-15(12-21)7-8-16-14(2)19(22)23-17(16)11-13/h5,11,17-18,21H,4,6-10,12H2,1-3H3/t17-,18-,20-/m0/s1. The molecule has 0 radical (unpaired) electrons. The van der Waals surface area contributed by atoms with Crippen LogP contribution in [0.2, 0.25) is 0 Å². The minimum Gasteiger partial charge on any atom is -0.450 e. The van der Waals surface area contributed by atoms with E-state index in [1.807, 2.05) is 6.92 Å². The van der Waals surface area contributed by atoms with E-state index in [0.29, 0.717) is 6.10 Å². The molecule has 24 heavy (non-hydrogen) atoms. The number of aliphatic hydroxyl groups excluding tert-OH is 1. The summed E-state index contributed by atoms with van der Waals surface area (Å²) in [6.45, 7) is 6.19. The molecule has 4 heteroatoms. The molecule has 1 aliphatic carbocycles. The van der Waals surface area contributed by atoms with E-state index in [1.165, 1.54) is 5.57 Å². The summed E-state index contributed by atoms with van der Waals surface area (Å²) in [5, 5.41) is 9.61. The van der Waals surface area contributed by atoms with Crippen LogP contribution in [0.5, 0.6) is 0 Å². The summed E-state index contributed by atoms with van der Waals surface area (Å²) in [4.78, 5) is 11.9. The van der Waals surface area contributed by atoms with Crippen LogP contribution in [0.4, 0.5) is 0 Å². The second kappa shape index (κ2) is 6.85. The molecule has 0 bridgehead atoms. The first kappa shape index (κ1) is 17.4. The van der Waals surface area contributed by atoms with Crippen molar-refractivity contribution in [2.45, 2.75) is 77.1 Å². The molecule has 3 rings (SSSR count). The normalized spacial score (nSPS) is 34.6. The van der Waals surface area contributed by atoms with Crippen molar-refractivity contribution in [2.24, 2.45) is 0 Å². The molecule has 1 saturated heterocycles. The zero-order valence-electron chi connectivity index (χ0n) is 14.9. The highest BCUT2D eigenvalue weighted by atomic mass is 16.6. The maximum atomic E-state index is 11.9. The Labute approximate surface area is 144 Å². The van der Waals surface area contributed by atoms with E-state index in [0.717, 1.165) is 55.2 Å². The summed E-state index contributed by atoms with van der Waals surface area (Å²) in [5.41, 5.74) is 4.05. The Bertz CT molecular complexity index is 613. The zero-order valence-corrected chi connectivity index (χ0v) is 14.9. The van der Waals surface area contributed by atoms with Crippen LogP contribution >= 0.6 is 0 Å². The van der Waals surface area contributed by atoms with Gasteiger partial charge in [-0.25, -0.2) is 4.79 Å². The second-order valence-electron chi connectivity index (χ2n) is 7.51. The van der Waals surface area contributed by atoms with Crippen molar-refractivity contribution in [2.75, 3.05) is 6.61 Å². The SMILES string of the molecule is CC1=C[C@@H]2OC(=O)C(C)=C2CCC(CO)=CCC[C@]2(C)O[C@H]2CC1. The van der Waals surface area contributed by atoms with E-state index in [9.17, 15) is 9.90 Å². The number of rotatable bonds is 1. The quantitative estimate of drug-likeness (QED) is 0.453. The van der Waals surface area contributed by atoms with Gasteiger partial charge in [-0.05, 0) is 76.5 Å². The summed E-state index contributed by atoms with van der Waals surface area (Å²) < 4.78 is 11.4. The molecular formula is C20H28O4. The largest absolute Gasteiger partial charge is 0.450 e. The lowest BCUT2D eigenvalue weighted by Gasteiger charge is -2.14. The summed E-state index contributed by atoms with van der Waals surface area (Å²) >= 11 is 0. The van der Waals surface area contributed by atoms with Gasteiger partial charge in [0.2, 0.25) is 0 Å². The van der Waals surface area contributed by atoms with Crippen LogP contribution in [0.3, 0.4) is 0 Å². The van der Waals surface area contributed by atoms with Crippen LogP contribution in [0, 0.1) is 0 Å². The fraction of sp³-hybridized carbons (Fsp3) is 0.650. The predicted octanol–water partition coefficient (Wildman–Crippen LogP) is 3.61. The minimum absolute atomic E-state index is 0.0110. The molecule has 0 aromatic carbocycles. The van der Waals surface area contributed by atoms with E-state index in [-0.39, 0.29) is 24.3 Å². The van der Waals surface area contributed by atoms with Crippen molar-refractivity contribution in [1.82, 2.24) is 0 Å². The Morgan fingerprint density at radius 3 is 2.83 bits per heavy atom. The topological polar surface area (TPSA) is 59.1 Å². The van der Waals surface area contributed by atoms with E-state index >= 15 is 0 Å². The summed E-state index contributed by atoms with van der Waals surface area (Å²) in [6, 6.07) is 0. The maximum Gasteiger partial charge on any atom is 0.334 e. The number of allylic oxidation sites excluding steroid dienone is 2. The van der Waals surface area contributed by atoms with Gasteiger partial charge in [0.15, 0.2) is 0 Å². The number of hydrogen-bond donors (Lipinski definition) is 1. The molecule has 2 aliphatic heterocycles. The van der Waals surface area contributed by atoms with Crippen molar-refractivity contribution in [3.8, 4) is 0 Å². The van der Waals surface area contributed by atoms with Crippen molar-refractivity contribution in [1.29, 1.82) is 0 Å². The minimum atomic E-state index is -0.244. The lowest BCUT2D eigenvalue weighted by atomic mass is 9.92. The summed E-state index contributed by atoms with van der Waals surface area (Å²) in [6.07, 6.45) is 9.72. The molecule has 3 atom stereocenters. The molecule has 2 heterocycles. The molecule has 1 N–H and O–H groups in total. The van der Waals surface area contributed by atoms with Gasteiger partial charge in [-0.1, -0.05) is 11.6 Å². The molecule has 1 fully saturated rings. The number of epoxide rings is 1. The number of carbonyl (C=O) groups excluding carboxylic acids is 1. The van der Waals surface area contributed by atoms with Gasteiger partial charge < -0.3 is 14.6 Å². The van der Waals surface area contributed by atoms with Crippen molar-refractivity contribution < 1.29 is 19.4 Å². The first-order chi connectivity index (χ1) is 11.4. The molecule has 0 saturated carbocycles. The first-order valence-electron chi connectivity index (χ1n) is 8.97. The average molecular weight is 332 g/mol. The fourth-order valence-corrected chi connectivity index (χ4v) is 3.76. The van der Waals surface area contributed by atoms with E-state index < -0.39 is 0 Å². The molecule has 3 aliphatic rings. The third-order valence-corrected chi connectivity index (χ3v) is 5.63. The highest BCUT2D eigenvalue weighted by molar-refractivity contribution is 5.92. The second-order valence-corrected chi connectivity index (χ2v) is 7.51. The monoisotopic (exact) mass is 332 g/mol. The van der Waals surface area contributed by atoms with Crippen molar-refractivity contribution in [3.05, 3.63) is 34.4 Å². The van der Waals surface area contributed by atoms with E-state index in [1.54, 1.807) is 0 Å².